The molecule has 0 amide bonds. The summed E-state index contributed by atoms with van der Waals surface area (Å²) in [4.78, 5) is 10.8. The second-order valence-electron chi connectivity index (χ2n) is 2.62. The largest absolute Gasteiger partial charge is 0.508 e. The average molecular weight is 186 g/mol. The highest BCUT2D eigenvalue weighted by Gasteiger charge is 1.99. The number of carbonyl (C=O) groups is 1. The Morgan fingerprint density at radius 3 is 2.46 bits per heavy atom. The Balaban J connectivity index is 3.21. The van der Waals surface area contributed by atoms with Crippen LogP contribution in [-0.2, 0) is 9.47 Å². The van der Waals surface area contributed by atoms with Crippen LogP contribution < -0.4 is 0 Å². The Hall–Kier alpha value is -0.990. The SMILES string of the molecule is CC/C=C/CCOC(=O)OCCC. The smallest absolute Gasteiger partial charge is 0.434 e. The third-order valence-corrected chi connectivity index (χ3v) is 1.33. The lowest BCUT2D eigenvalue weighted by molar-refractivity contribution is 0.0566. The summed E-state index contributed by atoms with van der Waals surface area (Å²) in [6.45, 7) is 4.84. The van der Waals surface area contributed by atoms with E-state index in [1.807, 2.05) is 19.1 Å². The summed E-state index contributed by atoms with van der Waals surface area (Å²) in [5.74, 6) is 0. The van der Waals surface area contributed by atoms with Gasteiger partial charge in [0.15, 0.2) is 0 Å². The van der Waals surface area contributed by atoms with Crippen LogP contribution in [0.5, 0.6) is 0 Å². The minimum atomic E-state index is -0.563. The molecule has 0 unspecified atom stereocenters. The predicted octanol–water partition coefficient (Wildman–Crippen LogP) is 2.91. The van der Waals surface area contributed by atoms with E-state index in [0.29, 0.717) is 13.2 Å². The summed E-state index contributed by atoms with van der Waals surface area (Å²) in [7, 11) is 0. The van der Waals surface area contributed by atoms with E-state index >= 15 is 0 Å². The Morgan fingerprint density at radius 1 is 1.15 bits per heavy atom. The van der Waals surface area contributed by atoms with Crippen molar-refractivity contribution in [2.75, 3.05) is 13.2 Å². The minimum absolute atomic E-state index is 0.402. The second-order valence-corrected chi connectivity index (χ2v) is 2.62. The van der Waals surface area contributed by atoms with Gasteiger partial charge < -0.3 is 9.47 Å². The van der Waals surface area contributed by atoms with Crippen LogP contribution in [0.15, 0.2) is 12.2 Å². The fourth-order valence-corrected chi connectivity index (χ4v) is 0.722. The van der Waals surface area contributed by atoms with E-state index in [9.17, 15) is 4.79 Å². The van der Waals surface area contributed by atoms with E-state index in [1.165, 1.54) is 0 Å². The molecule has 0 fully saturated rings. The molecule has 0 N–H and O–H groups in total. The van der Waals surface area contributed by atoms with Crippen LogP contribution in [0.4, 0.5) is 4.79 Å². The maximum Gasteiger partial charge on any atom is 0.508 e. The van der Waals surface area contributed by atoms with Crippen molar-refractivity contribution in [2.24, 2.45) is 0 Å². The fraction of sp³-hybridized carbons (Fsp3) is 0.700. The molecule has 0 aliphatic rings. The van der Waals surface area contributed by atoms with Crippen molar-refractivity contribution in [1.82, 2.24) is 0 Å². The highest BCUT2D eigenvalue weighted by molar-refractivity contribution is 5.59. The first-order valence-corrected chi connectivity index (χ1v) is 4.75. The molecule has 0 aromatic rings. The summed E-state index contributed by atoms with van der Waals surface area (Å²) in [6, 6.07) is 0. The maximum absolute atomic E-state index is 10.8. The van der Waals surface area contributed by atoms with Crippen molar-refractivity contribution in [2.45, 2.75) is 33.1 Å². The van der Waals surface area contributed by atoms with Crippen molar-refractivity contribution in [3.05, 3.63) is 12.2 Å². The molecule has 3 heteroatoms. The first kappa shape index (κ1) is 12.0. The van der Waals surface area contributed by atoms with Gasteiger partial charge in [0.2, 0.25) is 0 Å². The van der Waals surface area contributed by atoms with Gasteiger partial charge in [0, 0.05) is 0 Å². The third kappa shape index (κ3) is 8.92. The van der Waals surface area contributed by atoms with E-state index < -0.39 is 6.16 Å². The molecule has 76 valence electrons. The second kappa shape index (κ2) is 9.10. The van der Waals surface area contributed by atoms with E-state index in [0.717, 1.165) is 19.3 Å². The molecule has 0 saturated heterocycles. The first-order valence-electron chi connectivity index (χ1n) is 4.75. The lowest BCUT2D eigenvalue weighted by Crippen LogP contribution is -2.08. The number of hydrogen-bond donors (Lipinski definition) is 0. The number of allylic oxidation sites excluding steroid dienone is 1. The summed E-state index contributed by atoms with van der Waals surface area (Å²) >= 11 is 0. The number of hydrogen-bond acceptors (Lipinski definition) is 3. The molecule has 0 radical (unpaired) electrons. The Bertz CT molecular complexity index is 152. The molecular weight excluding hydrogens is 168 g/mol. The Morgan fingerprint density at radius 2 is 1.85 bits per heavy atom. The molecular formula is C10H18O3. The zero-order valence-electron chi connectivity index (χ0n) is 8.41. The molecule has 13 heavy (non-hydrogen) atoms. The normalized spacial score (nSPS) is 10.3. The van der Waals surface area contributed by atoms with Crippen LogP contribution in [0.1, 0.15) is 33.1 Å². The average Bonchev–Trinajstić information content (AvgIpc) is 2.14. The maximum atomic E-state index is 10.8. The van der Waals surface area contributed by atoms with Gasteiger partial charge in [-0.05, 0) is 19.3 Å². The Labute approximate surface area is 79.7 Å². The quantitative estimate of drug-likeness (QED) is 0.363. The topological polar surface area (TPSA) is 35.5 Å². The molecule has 0 spiro atoms. The zero-order valence-corrected chi connectivity index (χ0v) is 8.41. The highest BCUT2D eigenvalue weighted by atomic mass is 16.7. The summed E-state index contributed by atoms with van der Waals surface area (Å²) in [6.07, 6.45) is 6.07. The lowest BCUT2D eigenvalue weighted by Gasteiger charge is -2.02. The van der Waals surface area contributed by atoms with Crippen molar-refractivity contribution in [3.63, 3.8) is 0 Å². The Kier molecular flexibility index (Phi) is 8.41. The van der Waals surface area contributed by atoms with Crippen molar-refractivity contribution in [1.29, 1.82) is 0 Å². The fourth-order valence-electron chi connectivity index (χ4n) is 0.722. The molecule has 3 nitrogen and oxygen atoms in total. The van der Waals surface area contributed by atoms with Crippen LogP contribution in [0.25, 0.3) is 0 Å². The van der Waals surface area contributed by atoms with Gasteiger partial charge >= 0.3 is 6.16 Å². The van der Waals surface area contributed by atoms with Gasteiger partial charge in [0.05, 0.1) is 13.2 Å². The third-order valence-electron chi connectivity index (χ3n) is 1.33. The van der Waals surface area contributed by atoms with Crippen molar-refractivity contribution >= 4 is 6.16 Å². The van der Waals surface area contributed by atoms with Crippen LogP contribution in [-0.4, -0.2) is 19.4 Å². The number of carbonyl (C=O) groups excluding carboxylic acids is 1. The molecule has 0 aromatic heterocycles. The van der Waals surface area contributed by atoms with Gasteiger partial charge in [0.1, 0.15) is 0 Å². The first-order chi connectivity index (χ1) is 6.31. The van der Waals surface area contributed by atoms with Crippen molar-refractivity contribution < 1.29 is 14.3 Å². The number of ether oxygens (including phenoxy) is 2. The van der Waals surface area contributed by atoms with Crippen LogP contribution >= 0.6 is 0 Å². The summed E-state index contributed by atoms with van der Waals surface area (Å²) < 4.78 is 9.49. The molecule has 0 atom stereocenters. The van der Waals surface area contributed by atoms with E-state index in [1.54, 1.807) is 0 Å². The lowest BCUT2D eigenvalue weighted by atomic mass is 10.3. The van der Waals surface area contributed by atoms with E-state index in [4.69, 9.17) is 9.47 Å². The van der Waals surface area contributed by atoms with Crippen LogP contribution in [0, 0.1) is 0 Å². The predicted molar refractivity (Wildman–Crippen MR) is 51.6 cm³/mol. The molecule has 0 bridgehead atoms. The van der Waals surface area contributed by atoms with Crippen molar-refractivity contribution in [3.8, 4) is 0 Å². The summed E-state index contributed by atoms with van der Waals surface area (Å²) in [5, 5.41) is 0. The van der Waals surface area contributed by atoms with Gasteiger partial charge in [-0.15, -0.1) is 0 Å². The molecule has 0 heterocycles. The van der Waals surface area contributed by atoms with E-state index in [-0.39, 0.29) is 0 Å². The van der Waals surface area contributed by atoms with E-state index in [2.05, 4.69) is 6.92 Å². The van der Waals surface area contributed by atoms with Gasteiger partial charge in [0.25, 0.3) is 0 Å². The molecule has 0 aliphatic carbocycles. The molecule has 0 saturated carbocycles. The monoisotopic (exact) mass is 186 g/mol. The molecule has 0 aromatic carbocycles. The standard InChI is InChI=1S/C10H18O3/c1-3-5-6-7-9-13-10(11)12-8-4-2/h5-6H,3-4,7-9H2,1-2H3/b6-5+. The van der Waals surface area contributed by atoms with Gasteiger partial charge in [-0.3, -0.25) is 0 Å². The van der Waals surface area contributed by atoms with Gasteiger partial charge in [-0.25, -0.2) is 4.79 Å². The summed E-state index contributed by atoms with van der Waals surface area (Å²) in [5.41, 5.74) is 0. The number of rotatable bonds is 6. The molecule has 0 aliphatic heterocycles. The zero-order chi connectivity index (χ0) is 9.94. The van der Waals surface area contributed by atoms with Gasteiger partial charge in [-0.1, -0.05) is 26.0 Å². The van der Waals surface area contributed by atoms with Crippen LogP contribution in [0.2, 0.25) is 0 Å². The minimum Gasteiger partial charge on any atom is -0.434 e. The van der Waals surface area contributed by atoms with Crippen LogP contribution in [0.3, 0.4) is 0 Å². The van der Waals surface area contributed by atoms with Gasteiger partial charge in [-0.2, -0.15) is 0 Å². The highest BCUT2D eigenvalue weighted by Crippen LogP contribution is 1.91. The molecule has 0 rings (SSSR count).